The molecule has 0 amide bonds. The molecule has 0 aliphatic carbocycles. The van der Waals surface area contributed by atoms with Gasteiger partial charge in [0.1, 0.15) is 0 Å². The second kappa shape index (κ2) is 6.70. The van der Waals surface area contributed by atoms with E-state index in [4.69, 9.17) is 4.74 Å². The average molecular weight is 217 g/mol. The van der Waals surface area contributed by atoms with E-state index in [-0.39, 0.29) is 0 Å². The van der Waals surface area contributed by atoms with Gasteiger partial charge in [-0.15, -0.1) is 0 Å². The van der Waals surface area contributed by atoms with E-state index in [1.54, 1.807) is 0 Å². The van der Waals surface area contributed by atoms with Crippen molar-refractivity contribution in [3.8, 4) is 0 Å². The first-order chi connectivity index (χ1) is 6.81. The third kappa shape index (κ3) is 3.44. The minimum absolute atomic E-state index is 0.637. The molecule has 1 heterocycles. The average Bonchev–Trinajstić information content (AvgIpc) is 2.26. The predicted octanol–water partition coefficient (Wildman–Crippen LogP) is 2.05. The van der Waals surface area contributed by atoms with E-state index in [0.717, 1.165) is 31.4 Å². The SMILES string of the molecule is CCC(CS)CN1CCOCC1CC. The Hall–Kier alpha value is 0.270. The largest absolute Gasteiger partial charge is 0.378 e. The van der Waals surface area contributed by atoms with Crippen LogP contribution in [-0.4, -0.2) is 43.0 Å². The van der Waals surface area contributed by atoms with Gasteiger partial charge in [0.25, 0.3) is 0 Å². The molecule has 14 heavy (non-hydrogen) atoms. The van der Waals surface area contributed by atoms with Crippen molar-refractivity contribution in [2.75, 3.05) is 32.1 Å². The van der Waals surface area contributed by atoms with E-state index in [2.05, 4.69) is 31.4 Å². The van der Waals surface area contributed by atoms with Crippen LogP contribution in [0.2, 0.25) is 0 Å². The van der Waals surface area contributed by atoms with Crippen LogP contribution in [0, 0.1) is 5.92 Å². The van der Waals surface area contributed by atoms with Gasteiger partial charge in [0.2, 0.25) is 0 Å². The third-order valence-electron chi connectivity index (χ3n) is 3.15. The summed E-state index contributed by atoms with van der Waals surface area (Å²) in [6.07, 6.45) is 2.43. The monoisotopic (exact) mass is 217 g/mol. The fourth-order valence-corrected chi connectivity index (χ4v) is 2.33. The van der Waals surface area contributed by atoms with Gasteiger partial charge in [-0.05, 0) is 18.1 Å². The van der Waals surface area contributed by atoms with Crippen LogP contribution in [0.15, 0.2) is 0 Å². The van der Waals surface area contributed by atoms with Gasteiger partial charge in [0.15, 0.2) is 0 Å². The summed E-state index contributed by atoms with van der Waals surface area (Å²) in [4.78, 5) is 2.58. The summed E-state index contributed by atoms with van der Waals surface area (Å²) >= 11 is 4.40. The second-order valence-corrected chi connectivity index (χ2v) is 4.45. The van der Waals surface area contributed by atoms with Crippen LogP contribution in [0.1, 0.15) is 26.7 Å². The molecular weight excluding hydrogens is 194 g/mol. The van der Waals surface area contributed by atoms with Crippen LogP contribution >= 0.6 is 12.6 Å². The highest BCUT2D eigenvalue weighted by atomic mass is 32.1. The van der Waals surface area contributed by atoms with Crippen molar-refractivity contribution in [3.05, 3.63) is 0 Å². The summed E-state index contributed by atoms with van der Waals surface area (Å²) in [5, 5.41) is 0. The van der Waals surface area contributed by atoms with Crippen molar-refractivity contribution >= 4 is 12.6 Å². The molecule has 84 valence electrons. The quantitative estimate of drug-likeness (QED) is 0.708. The maximum Gasteiger partial charge on any atom is 0.0622 e. The van der Waals surface area contributed by atoms with E-state index < -0.39 is 0 Å². The molecule has 1 fully saturated rings. The lowest BCUT2D eigenvalue weighted by atomic mass is 10.1. The predicted molar refractivity (Wildman–Crippen MR) is 64.1 cm³/mol. The lowest BCUT2D eigenvalue weighted by Gasteiger charge is -2.36. The van der Waals surface area contributed by atoms with Gasteiger partial charge in [-0.25, -0.2) is 0 Å². The Bertz CT molecular complexity index is 150. The molecule has 0 N–H and O–H groups in total. The van der Waals surface area contributed by atoms with Gasteiger partial charge in [-0.2, -0.15) is 12.6 Å². The molecule has 0 bridgehead atoms. The van der Waals surface area contributed by atoms with Gasteiger partial charge >= 0.3 is 0 Å². The molecule has 0 aromatic carbocycles. The highest BCUT2D eigenvalue weighted by Gasteiger charge is 2.22. The lowest BCUT2D eigenvalue weighted by molar-refractivity contribution is -0.0142. The Balaban J connectivity index is 2.39. The highest BCUT2D eigenvalue weighted by molar-refractivity contribution is 7.80. The number of hydrogen-bond acceptors (Lipinski definition) is 3. The Morgan fingerprint density at radius 2 is 2.29 bits per heavy atom. The van der Waals surface area contributed by atoms with Crippen LogP contribution in [0.25, 0.3) is 0 Å². The fourth-order valence-electron chi connectivity index (χ4n) is 1.95. The molecule has 1 saturated heterocycles. The molecule has 0 aromatic rings. The van der Waals surface area contributed by atoms with Crippen LogP contribution in [-0.2, 0) is 4.74 Å². The lowest BCUT2D eigenvalue weighted by Crippen LogP contribution is -2.47. The van der Waals surface area contributed by atoms with E-state index in [9.17, 15) is 0 Å². The van der Waals surface area contributed by atoms with E-state index >= 15 is 0 Å². The van der Waals surface area contributed by atoms with Crippen molar-refractivity contribution in [2.24, 2.45) is 5.92 Å². The Morgan fingerprint density at radius 3 is 2.86 bits per heavy atom. The van der Waals surface area contributed by atoms with Crippen LogP contribution in [0.5, 0.6) is 0 Å². The molecule has 0 saturated carbocycles. The zero-order chi connectivity index (χ0) is 10.4. The smallest absolute Gasteiger partial charge is 0.0622 e. The number of ether oxygens (including phenoxy) is 1. The summed E-state index contributed by atoms with van der Waals surface area (Å²) in [5.74, 6) is 1.75. The Kier molecular flexibility index (Phi) is 5.90. The van der Waals surface area contributed by atoms with Crippen molar-refractivity contribution in [1.82, 2.24) is 4.90 Å². The maximum atomic E-state index is 5.49. The third-order valence-corrected chi connectivity index (χ3v) is 3.67. The zero-order valence-electron chi connectivity index (χ0n) is 9.41. The minimum atomic E-state index is 0.637. The van der Waals surface area contributed by atoms with Crippen molar-refractivity contribution < 1.29 is 4.74 Å². The van der Waals surface area contributed by atoms with Crippen molar-refractivity contribution in [1.29, 1.82) is 0 Å². The summed E-state index contributed by atoms with van der Waals surface area (Å²) in [6, 6.07) is 0.637. The summed E-state index contributed by atoms with van der Waals surface area (Å²) in [6.45, 7) is 8.61. The van der Waals surface area contributed by atoms with Gasteiger partial charge < -0.3 is 4.74 Å². The minimum Gasteiger partial charge on any atom is -0.378 e. The number of rotatable bonds is 5. The molecule has 2 atom stereocenters. The first-order valence-electron chi connectivity index (χ1n) is 5.74. The van der Waals surface area contributed by atoms with Crippen molar-refractivity contribution in [3.63, 3.8) is 0 Å². The normalized spacial score (nSPS) is 26.4. The van der Waals surface area contributed by atoms with Gasteiger partial charge in [-0.1, -0.05) is 20.3 Å². The summed E-state index contributed by atoms with van der Waals surface area (Å²) < 4.78 is 5.49. The molecule has 1 rings (SSSR count). The van der Waals surface area contributed by atoms with Crippen LogP contribution in [0.4, 0.5) is 0 Å². The topological polar surface area (TPSA) is 12.5 Å². The van der Waals surface area contributed by atoms with E-state index in [1.807, 2.05) is 0 Å². The molecule has 2 unspecified atom stereocenters. The molecule has 1 aliphatic heterocycles. The van der Waals surface area contributed by atoms with Crippen LogP contribution < -0.4 is 0 Å². The number of nitrogens with zero attached hydrogens (tertiary/aromatic N) is 1. The highest BCUT2D eigenvalue weighted by Crippen LogP contribution is 2.15. The summed E-state index contributed by atoms with van der Waals surface area (Å²) in [7, 11) is 0. The fraction of sp³-hybridized carbons (Fsp3) is 1.00. The molecule has 1 aliphatic rings. The van der Waals surface area contributed by atoms with Gasteiger partial charge in [0.05, 0.1) is 13.2 Å². The van der Waals surface area contributed by atoms with E-state index in [1.165, 1.54) is 19.4 Å². The Labute approximate surface area is 93.4 Å². The number of thiol groups is 1. The van der Waals surface area contributed by atoms with E-state index in [0.29, 0.717) is 6.04 Å². The summed E-state index contributed by atoms with van der Waals surface area (Å²) in [5.41, 5.74) is 0. The molecule has 0 aromatic heterocycles. The maximum absolute atomic E-state index is 5.49. The standard InChI is InChI=1S/C11H23NOS/c1-3-10(9-14)7-12-5-6-13-8-11(12)4-2/h10-11,14H,3-9H2,1-2H3. The van der Waals surface area contributed by atoms with Gasteiger partial charge in [-0.3, -0.25) is 4.90 Å². The molecule has 0 spiro atoms. The number of morpholine rings is 1. The van der Waals surface area contributed by atoms with Crippen molar-refractivity contribution in [2.45, 2.75) is 32.7 Å². The molecule has 0 radical (unpaired) electrons. The number of hydrogen-bond donors (Lipinski definition) is 1. The molecule has 2 nitrogen and oxygen atoms in total. The molecular formula is C11H23NOS. The first-order valence-corrected chi connectivity index (χ1v) is 6.37. The first kappa shape index (κ1) is 12.3. The van der Waals surface area contributed by atoms with Gasteiger partial charge in [0, 0.05) is 19.1 Å². The second-order valence-electron chi connectivity index (χ2n) is 4.09. The zero-order valence-corrected chi connectivity index (χ0v) is 10.3. The van der Waals surface area contributed by atoms with Crippen LogP contribution in [0.3, 0.4) is 0 Å². The Morgan fingerprint density at radius 1 is 1.50 bits per heavy atom. The molecule has 3 heteroatoms.